The normalized spacial score (nSPS) is 10.4. The quantitative estimate of drug-likeness (QED) is 0.529. The zero-order valence-electron chi connectivity index (χ0n) is 13.4. The van der Waals surface area contributed by atoms with Crippen molar-refractivity contribution < 1.29 is 8.83 Å². The molecule has 120 valence electrons. The van der Waals surface area contributed by atoms with E-state index in [-0.39, 0.29) is 0 Å². The molecule has 2 N–H and O–H groups in total. The van der Waals surface area contributed by atoms with Gasteiger partial charge in [0.1, 0.15) is 5.52 Å². The van der Waals surface area contributed by atoms with E-state index >= 15 is 0 Å². The first-order valence-electron chi connectivity index (χ1n) is 7.40. The minimum atomic E-state index is 0.543. The Kier molecular flexibility index (Phi) is 4.27. The maximum Gasteiger partial charge on any atom is 0.192 e. The number of benzene rings is 2. The fourth-order valence-corrected chi connectivity index (χ4v) is 2.32. The number of fused-ring (bicyclic) bond motifs is 2. The van der Waals surface area contributed by atoms with E-state index in [4.69, 9.17) is 21.1 Å². The highest BCUT2D eigenvalue weighted by atomic mass is 16.3. The zero-order valence-corrected chi connectivity index (χ0v) is 13.4. The van der Waals surface area contributed by atoms with Crippen molar-refractivity contribution in [3.8, 4) is 0 Å². The van der Waals surface area contributed by atoms with Crippen LogP contribution in [0.15, 0.2) is 45.2 Å². The molecule has 0 aliphatic rings. The van der Waals surface area contributed by atoms with Crippen molar-refractivity contribution in [2.45, 2.75) is 20.4 Å². The van der Waals surface area contributed by atoms with Gasteiger partial charge in [-0.05, 0) is 29.8 Å². The van der Waals surface area contributed by atoms with Gasteiger partial charge in [0, 0.05) is 20.4 Å². The molecule has 4 rings (SSSR count). The maximum atomic E-state index is 6.79. The molecule has 0 aliphatic heterocycles. The van der Waals surface area contributed by atoms with E-state index in [9.17, 15) is 0 Å². The van der Waals surface area contributed by atoms with Crippen molar-refractivity contribution >= 4 is 27.9 Å². The van der Waals surface area contributed by atoms with Crippen LogP contribution >= 0.6 is 0 Å². The summed E-state index contributed by atoms with van der Waals surface area (Å²) in [4.78, 5) is 11.6. The molecule has 4 aromatic rings. The summed E-state index contributed by atoms with van der Waals surface area (Å²) < 4.78 is 10.6. The summed E-state index contributed by atoms with van der Waals surface area (Å²) in [6.07, 6.45) is 0. The van der Waals surface area contributed by atoms with Crippen LogP contribution in [0.2, 0.25) is 0 Å². The predicted octanol–water partition coefficient (Wildman–Crippen LogP) is 4.28. The molecule has 2 aromatic carbocycles. The first-order valence-corrected chi connectivity index (χ1v) is 7.40. The van der Waals surface area contributed by atoms with Gasteiger partial charge >= 0.3 is 0 Å². The van der Waals surface area contributed by atoms with Crippen LogP contribution in [0.5, 0.6) is 0 Å². The zero-order chi connectivity index (χ0) is 17.1. The van der Waals surface area contributed by atoms with Crippen molar-refractivity contribution in [1.29, 1.82) is 0 Å². The lowest BCUT2D eigenvalue weighted by molar-refractivity contribution is 0.560. The highest BCUT2D eigenvalue weighted by Gasteiger charge is 2.02. The smallest absolute Gasteiger partial charge is 0.192 e. The number of nitrogens with zero attached hydrogens (tertiary/aromatic N) is 3. The molecule has 0 amide bonds. The number of oxazole rings is 2. The number of rotatable bonds is 1. The second kappa shape index (κ2) is 6.52. The van der Waals surface area contributed by atoms with E-state index in [0.29, 0.717) is 24.0 Å². The van der Waals surface area contributed by atoms with Crippen LogP contribution in [0.3, 0.4) is 0 Å². The molecule has 0 unspecified atom stereocenters. The third kappa shape index (κ3) is 3.26. The molecule has 0 atom stereocenters. The van der Waals surface area contributed by atoms with E-state index in [1.807, 2.05) is 25.1 Å². The summed E-state index contributed by atoms with van der Waals surface area (Å²) >= 11 is 0. The lowest BCUT2D eigenvalue weighted by Crippen LogP contribution is -1.94. The Bertz CT molecular complexity index is 1040. The highest BCUT2D eigenvalue weighted by molar-refractivity contribution is 5.77. The number of hydrogen-bond donors (Lipinski definition) is 1. The van der Waals surface area contributed by atoms with Gasteiger partial charge in [0.25, 0.3) is 0 Å². The fourth-order valence-electron chi connectivity index (χ4n) is 2.32. The van der Waals surface area contributed by atoms with Crippen molar-refractivity contribution in [2.24, 2.45) is 5.73 Å². The number of aromatic nitrogens is 2. The third-order valence-corrected chi connectivity index (χ3v) is 3.40. The molecule has 0 fully saturated rings. The molecule has 24 heavy (non-hydrogen) atoms. The molecule has 6 heteroatoms. The van der Waals surface area contributed by atoms with Crippen LogP contribution in [0, 0.1) is 20.4 Å². The Morgan fingerprint density at radius 3 is 2.12 bits per heavy atom. The molecule has 2 aromatic heterocycles. The molecule has 0 aliphatic carbocycles. The summed E-state index contributed by atoms with van der Waals surface area (Å²) in [7, 11) is 0. The minimum Gasteiger partial charge on any atom is -0.441 e. The summed E-state index contributed by atoms with van der Waals surface area (Å²) in [6.45, 7) is 11.0. The molecule has 0 bridgehead atoms. The summed E-state index contributed by atoms with van der Waals surface area (Å²) in [5, 5.41) is 0. The van der Waals surface area contributed by atoms with Crippen LogP contribution in [-0.2, 0) is 6.54 Å². The van der Waals surface area contributed by atoms with Gasteiger partial charge in [-0.25, -0.2) is 14.8 Å². The van der Waals surface area contributed by atoms with Gasteiger partial charge in [0.05, 0.1) is 12.1 Å². The Hall–Kier alpha value is -3.17. The summed E-state index contributed by atoms with van der Waals surface area (Å²) in [5.74, 6) is 1.33. The van der Waals surface area contributed by atoms with E-state index in [2.05, 4.69) is 14.8 Å². The van der Waals surface area contributed by atoms with Crippen LogP contribution in [-0.4, -0.2) is 9.97 Å². The molecule has 0 spiro atoms. The number of nitrogens with two attached hydrogens (primary N) is 1. The van der Waals surface area contributed by atoms with Gasteiger partial charge in [-0.3, -0.25) is 0 Å². The topological polar surface area (TPSA) is 82.4 Å². The summed E-state index contributed by atoms with van der Waals surface area (Å²) in [5.41, 5.74) is 10.4. The van der Waals surface area contributed by atoms with Gasteiger partial charge in [-0.15, -0.1) is 0 Å². The Morgan fingerprint density at radius 2 is 1.54 bits per heavy atom. The number of hydrogen-bond acceptors (Lipinski definition) is 5. The average molecular weight is 320 g/mol. The van der Waals surface area contributed by atoms with Crippen molar-refractivity contribution in [2.75, 3.05) is 0 Å². The maximum absolute atomic E-state index is 6.79. The van der Waals surface area contributed by atoms with E-state index in [0.717, 1.165) is 27.8 Å². The largest absolute Gasteiger partial charge is 0.441 e. The van der Waals surface area contributed by atoms with Crippen LogP contribution in [0.4, 0.5) is 5.69 Å². The molecule has 0 saturated heterocycles. The van der Waals surface area contributed by atoms with Gasteiger partial charge in [0.2, 0.25) is 0 Å². The van der Waals surface area contributed by atoms with Crippen LogP contribution < -0.4 is 5.73 Å². The lowest BCUT2D eigenvalue weighted by Gasteiger charge is -1.92. The molecule has 6 nitrogen and oxygen atoms in total. The minimum absolute atomic E-state index is 0.543. The Morgan fingerprint density at radius 1 is 0.958 bits per heavy atom. The molecule has 0 radical (unpaired) electrons. The fraction of sp³-hybridized carbons (Fsp3) is 0.167. The Balaban J connectivity index is 0.000000141. The van der Waals surface area contributed by atoms with Crippen LogP contribution in [0.1, 0.15) is 17.3 Å². The second-order valence-electron chi connectivity index (χ2n) is 5.24. The predicted molar refractivity (Wildman–Crippen MR) is 91.6 cm³/mol. The van der Waals surface area contributed by atoms with E-state index in [1.54, 1.807) is 25.1 Å². The second-order valence-corrected chi connectivity index (χ2v) is 5.24. The standard InChI is InChI=1S/C9H6N2O.C9H10N2O/c1-6-11-8-5-7(10-2)3-4-9(8)12-6;1-6-11-8-4-7(5-10)2-3-9(8)12-6/h3-5H,1H3;2-4H,5,10H2,1H3. The van der Waals surface area contributed by atoms with E-state index < -0.39 is 0 Å². The lowest BCUT2D eigenvalue weighted by atomic mass is 10.2. The van der Waals surface area contributed by atoms with Crippen molar-refractivity contribution in [3.63, 3.8) is 0 Å². The number of aryl methyl sites for hydroxylation is 2. The van der Waals surface area contributed by atoms with Crippen molar-refractivity contribution in [1.82, 2.24) is 9.97 Å². The molecular weight excluding hydrogens is 304 g/mol. The molecule has 2 heterocycles. The molecular formula is C18H16N4O2. The first kappa shape index (κ1) is 15.7. The summed E-state index contributed by atoms with van der Waals surface area (Å²) in [6, 6.07) is 11.0. The SMILES string of the molecule is Cc1nc2cc(CN)ccc2o1.[C-]#[N+]c1ccc2oc(C)nc2c1. The Labute approximate surface area is 138 Å². The molecule has 0 saturated carbocycles. The van der Waals surface area contributed by atoms with Crippen LogP contribution in [0.25, 0.3) is 27.0 Å². The van der Waals surface area contributed by atoms with Gasteiger partial charge in [-0.2, -0.15) is 0 Å². The third-order valence-electron chi connectivity index (χ3n) is 3.40. The van der Waals surface area contributed by atoms with Gasteiger partial charge < -0.3 is 14.6 Å². The first-order chi connectivity index (χ1) is 11.6. The van der Waals surface area contributed by atoms with E-state index in [1.165, 1.54) is 0 Å². The monoisotopic (exact) mass is 320 g/mol. The van der Waals surface area contributed by atoms with Gasteiger partial charge in [-0.1, -0.05) is 12.1 Å². The highest BCUT2D eigenvalue weighted by Crippen LogP contribution is 2.21. The average Bonchev–Trinajstić information content (AvgIpc) is 3.13. The van der Waals surface area contributed by atoms with Crippen molar-refractivity contribution in [3.05, 3.63) is 65.2 Å². The van der Waals surface area contributed by atoms with Gasteiger partial charge in [0.15, 0.2) is 28.6 Å².